The standard InChI is InChI=1S/C25H32N2O3/c1-20(17-21-7-4-3-5-8-21)19-27-14-11-23(12-15-27)30-24-10-6-9-22(18-24)25(28)26-13-16-29-2/h3-10,17-18,23H,11-16,19H2,1-2H3,(H,26,28). The predicted molar refractivity (Wildman–Crippen MR) is 121 cm³/mol. The van der Waals surface area contributed by atoms with Gasteiger partial charge in [0.15, 0.2) is 0 Å². The number of methoxy groups -OCH3 is 1. The predicted octanol–water partition coefficient (Wildman–Crippen LogP) is 4.01. The van der Waals surface area contributed by atoms with Gasteiger partial charge in [-0.2, -0.15) is 0 Å². The number of benzene rings is 2. The van der Waals surface area contributed by atoms with E-state index in [0.717, 1.165) is 38.2 Å². The van der Waals surface area contributed by atoms with E-state index in [1.54, 1.807) is 13.2 Å². The Morgan fingerprint density at radius 1 is 1.13 bits per heavy atom. The van der Waals surface area contributed by atoms with E-state index in [0.29, 0.717) is 18.7 Å². The Morgan fingerprint density at radius 3 is 2.63 bits per heavy atom. The van der Waals surface area contributed by atoms with Crippen LogP contribution in [0.4, 0.5) is 0 Å². The Morgan fingerprint density at radius 2 is 1.90 bits per heavy atom. The van der Waals surface area contributed by atoms with Gasteiger partial charge < -0.3 is 14.8 Å². The van der Waals surface area contributed by atoms with E-state index in [1.807, 2.05) is 24.3 Å². The van der Waals surface area contributed by atoms with Gasteiger partial charge in [0, 0.05) is 38.9 Å². The molecule has 1 aliphatic heterocycles. The van der Waals surface area contributed by atoms with Crippen LogP contribution >= 0.6 is 0 Å². The SMILES string of the molecule is COCCNC(=O)c1cccc(OC2CCN(CC(C)=Cc3ccccc3)CC2)c1. The van der Waals surface area contributed by atoms with E-state index in [2.05, 4.69) is 47.5 Å². The normalized spacial score (nSPS) is 15.7. The van der Waals surface area contributed by atoms with Gasteiger partial charge in [-0.3, -0.25) is 9.69 Å². The zero-order valence-corrected chi connectivity index (χ0v) is 18.0. The molecular weight excluding hydrogens is 376 g/mol. The lowest BCUT2D eigenvalue weighted by molar-refractivity contribution is 0.0932. The molecule has 2 aromatic carbocycles. The second-order valence-corrected chi connectivity index (χ2v) is 7.77. The maximum absolute atomic E-state index is 12.2. The molecule has 5 nitrogen and oxygen atoms in total. The molecule has 0 spiro atoms. The summed E-state index contributed by atoms with van der Waals surface area (Å²) in [6.07, 6.45) is 4.42. The molecule has 0 radical (unpaired) electrons. The topological polar surface area (TPSA) is 50.8 Å². The molecule has 30 heavy (non-hydrogen) atoms. The maximum Gasteiger partial charge on any atom is 0.251 e. The van der Waals surface area contributed by atoms with Crippen LogP contribution in [0.1, 0.15) is 35.7 Å². The molecule has 0 atom stereocenters. The summed E-state index contributed by atoms with van der Waals surface area (Å²) in [6.45, 7) is 6.21. The average Bonchev–Trinajstić information content (AvgIpc) is 2.76. The van der Waals surface area contributed by atoms with Crippen molar-refractivity contribution in [3.05, 3.63) is 71.3 Å². The summed E-state index contributed by atoms with van der Waals surface area (Å²) in [5.74, 6) is 0.654. The maximum atomic E-state index is 12.2. The monoisotopic (exact) mass is 408 g/mol. The van der Waals surface area contributed by atoms with Crippen LogP contribution in [0, 0.1) is 0 Å². The molecule has 0 bridgehead atoms. The zero-order valence-electron chi connectivity index (χ0n) is 18.0. The molecule has 0 unspecified atom stereocenters. The quantitative estimate of drug-likeness (QED) is 0.637. The molecule has 3 rings (SSSR count). The molecule has 1 amide bonds. The summed E-state index contributed by atoms with van der Waals surface area (Å²) in [7, 11) is 1.62. The Hall–Kier alpha value is -2.63. The number of ether oxygens (including phenoxy) is 2. The van der Waals surface area contributed by atoms with Gasteiger partial charge in [-0.1, -0.05) is 48.0 Å². The van der Waals surface area contributed by atoms with Crippen LogP contribution in [0.15, 0.2) is 60.2 Å². The second kappa shape index (κ2) is 11.5. The van der Waals surface area contributed by atoms with Crippen LogP contribution in [0.3, 0.4) is 0 Å². The second-order valence-electron chi connectivity index (χ2n) is 7.77. The first-order valence-corrected chi connectivity index (χ1v) is 10.6. The fourth-order valence-electron chi connectivity index (χ4n) is 3.69. The summed E-state index contributed by atoms with van der Waals surface area (Å²) in [5.41, 5.74) is 3.23. The molecule has 2 aromatic rings. The highest BCUT2D eigenvalue weighted by Gasteiger charge is 2.21. The number of nitrogens with one attached hydrogen (secondary N) is 1. The lowest BCUT2D eigenvalue weighted by Crippen LogP contribution is -2.39. The van der Waals surface area contributed by atoms with Gasteiger partial charge >= 0.3 is 0 Å². The van der Waals surface area contributed by atoms with Gasteiger partial charge in [0.2, 0.25) is 0 Å². The van der Waals surface area contributed by atoms with Crippen LogP contribution in [-0.4, -0.2) is 56.8 Å². The van der Waals surface area contributed by atoms with Gasteiger partial charge in [-0.05, 0) is 43.5 Å². The summed E-state index contributed by atoms with van der Waals surface area (Å²) in [4.78, 5) is 14.7. The molecule has 1 saturated heterocycles. The molecule has 0 aliphatic carbocycles. The van der Waals surface area contributed by atoms with Gasteiger partial charge in [0.1, 0.15) is 11.9 Å². The van der Waals surface area contributed by atoms with Crippen molar-refractivity contribution in [2.75, 3.05) is 39.9 Å². The van der Waals surface area contributed by atoms with Crippen molar-refractivity contribution >= 4 is 12.0 Å². The fourth-order valence-corrected chi connectivity index (χ4v) is 3.69. The lowest BCUT2D eigenvalue weighted by atomic mass is 10.1. The first-order chi connectivity index (χ1) is 14.6. The van der Waals surface area contributed by atoms with Crippen LogP contribution in [-0.2, 0) is 4.74 Å². The smallest absolute Gasteiger partial charge is 0.251 e. The highest BCUT2D eigenvalue weighted by atomic mass is 16.5. The number of carbonyl (C=O) groups excluding carboxylic acids is 1. The minimum atomic E-state index is -0.104. The van der Waals surface area contributed by atoms with E-state index in [1.165, 1.54) is 11.1 Å². The Kier molecular flexibility index (Phi) is 8.48. The van der Waals surface area contributed by atoms with Gasteiger partial charge in [-0.25, -0.2) is 0 Å². The summed E-state index contributed by atoms with van der Waals surface area (Å²) in [5, 5.41) is 2.84. The van der Waals surface area contributed by atoms with E-state index < -0.39 is 0 Å². The number of carbonyl (C=O) groups is 1. The average molecular weight is 409 g/mol. The molecule has 5 heteroatoms. The zero-order chi connectivity index (χ0) is 21.2. The van der Waals surface area contributed by atoms with Crippen molar-refractivity contribution in [2.45, 2.75) is 25.9 Å². The molecule has 1 aliphatic rings. The van der Waals surface area contributed by atoms with Gasteiger partial charge in [0.25, 0.3) is 5.91 Å². The molecule has 0 saturated carbocycles. The van der Waals surface area contributed by atoms with Crippen LogP contribution in [0.5, 0.6) is 5.75 Å². The number of hydrogen-bond donors (Lipinski definition) is 1. The minimum Gasteiger partial charge on any atom is -0.490 e. The Bertz CT molecular complexity index is 827. The van der Waals surface area contributed by atoms with E-state index in [9.17, 15) is 4.79 Å². The summed E-state index contributed by atoms with van der Waals surface area (Å²) in [6, 6.07) is 17.9. The number of nitrogens with zero attached hydrogens (tertiary/aromatic N) is 1. The third-order valence-corrected chi connectivity index (χ3v) is 5.21. The summed E-state index contributed by atoms with van der Waals surface area (Å²) < 4.78 is 11.1. The Balaban J connectivity index is 1.46. The minimum absolute atomic E-state index is 0.104. The van der Waals surface area contributed by atoms with Crippen LogP contribution < -0.4 is 10.1 Å². The number of rotatable bonds is 9. The van der Waals surface area contributed by atoms with Gasteiger partial charge in [0.05, 0.1) is 6.61 Å². The number of amides is 1. The number of piperidine rings is 1. The van der Waals surface area contributed by atoms with Crippen molar-refractivity contribution < 1.29 is 14.3 Å². The van der Waals surface area contributed by atoms with E-state index in [4.69, 9.17) is 9.47 Å². The van der Waals surface area contributed by atoms with Crippen LogP contribution in [0.2, 0.25) is 0 Å². The van der Waals surface area contributed by atoms with Crippen molar-refractivity contribution in [3.63, 3.8) is 0 Å². The lowest BCUT2D eigenvalue weighted by Gasteiger charge is -2.32. The molecule has 1 heterocycles. The fraction of sp³-hybridized carbons (Fsp3) is 0.400. The first-order valence-electron chi connectivity index (χ1n) is 10.6. The first kappa shape index (κ1) is 22.1. The molecule has 160 valence electrons. The van der Waals surface area contributed by atoms with Crippen molar-refractivity contribution in [1.29, 1.82) is 0 Å². The van der Waals surface area contributed by atoms with Crippen molar-refractivity contribution in [2.24, 2.45) is 0 Å². The summed E-state index contributed by atoms with van der Waals surface area (Å²) >= 11 is 0. The number of hydrogen-bond acceptors (Lipinski definition) is 4. The highest BCUT2D eigenvalue weighted by molar-refractivity contribution is 5.94. The number of likely N-dealkylation sites (tertiary alicyclic amines) is 1. The third kappa shape index (κ3) is 7.01. The largest absolute Gasteiger partial charge is 0.490 e. The van der Waals surface area contributed by atoms with Gasteiger partial charge in [-0.15, -0.1) is 0 Å². The molecule has 0 aromatic heterocycles. The highest BCUT2D eigenvalue weighted by Crippen LogP contribution is 2.21. The third-order valence-electron chi connectivity index (χ3n) is 5.21. The van der Waals surface area contributed by atoms with E-state index in [-0.39, 0.29) is 12.0 Å². The van der Waals surface area contributed by atoms with E-state index >= 15 is 0 Å². The molecule has 1 fully saturated rings. The molecule has 1 N–H and O–H groups in total. The van der Waals surface area contributed by atoms with Crippen LogP contribution in [0.25, 0.3) is 6.08 Å². The molecular formula is C25H32N2O3. The Labute approximate surface area is 179 Å². The van der Waals surface area contributed by atoms with Crippen molar-refractivity contribution in [3.8, 4) is 5.75 Å². The van der Waals surface area contributed by atoms with Crippen molar-refractivity contribution in [1.82, 2.24) is 10.2 Å².